The van der Waals surface area contributed by atoms with Crippen LogP contribution < -0.4 is 0 Å². The molecule has 2 heteroatoms. The van der Waals surface area contributed by atoms with E-state index in [0.29, 0.717) is 0 Å². The predicted octanol–water partition coefficient (Wildman–Crippen LogP) is 6.13. The van der Waals surface area contributed by atoms with Crippen molar-refractivity contribution < 1.29 is 9.47 Å². The molecule has 0 heterocycles. The summed E-state index contributed by atoms with van der Waals surface area (Å²) in [5, 5.41) is 0. The fourth-order valence-electron chi connectivity index (χ4n) is 2.88. The molecule has 0 aliphatic carbocycles. The number of hydrogen-bond donors (Lipinski definition) is 0. The van der Waals surface area contributed by atoms with Crippen LogP contribution in [0.5, 0.6) is 0 Å². The van der Waals surface area contributed by atoms with Crippen LogP contribution >= 0.6 is 0 Å². The zero-order valence-electron chi connectivity index (χ0n) is 15.2. The molecule has 0 atom stereocenters. The SMILES string of the molecule is CCCCCCCCCC(CC)(CC)OCCCOCC. The zero-order valence-corrected chi connectivity index (χ0v) is 15.2. The summed E-state index contributed by atoms with van der Waals surface area (Å²) in [6.07, 6.45) is 14.2. The van der Waals surface area contributed by atoms with E-state index < -0.39 is 0 Å². The maximum absolute atomic E-state index is 6.24. The zero-order chi connectivity index (χ0) is 15.8. The van der Waals surface area contributed by atoms with Crippen LogP contribution in [0.25, 0.3) is 0 Å². The van der Waals surface area contributed by atoms with Gasteiger partial charge in [-0.2, -0.15) is 0 Å². The lowest BCUT2D eigenvalue weighted by Gasteiger charge is -2.32. The van der Waals surface area contributed by atoms with Crippen molar-refractivity contribution in [2.75, 3.05) is 19.8 Å². The van der Waals surface area contributed by atoms with Crippen LogP contribution in [0.1, 0.15) is 98.3 Å². The molecule has 0 rings (SSSR count). The van der Waals surface area contributed by atoms with Gasteiger partial charge >= 0.3 is 0 Å². The highest BCUT2D eigenvalue weighted by atomic mass is 16.5. The Kier molecular flexibility index (Phi) is 14.8. The first kappa shape index (κ1) is 20.9. The monoisotopic (exact) mass is 300 g/mol. The molecule has 0 N–H and O–H groups in total. The Balaban J connectivity index is 3.77. The van der Waals surface area contributed by atoms with Gasteiger partial charge in [-0.15, -0.1) is 0 Å². The van der Waals surface area contributed by atoms with E-state index in [1.807, 2.05) is 6.92 Å². The highest BCUT2D eigenvalue weighted by Gasteiger charge is 2.25. The van der Waals surface area contributed by atoms with Crippen LogP contribution in [0.4, 0.5) is 0 Å². The topological polar surface area (TPSA) is 18.5 Å². The lowest BCUT2D eigenvalue weighted by atomic mass is 9.90. The largest absolute Gasteiger partial charge is 0.382 e. The van der Waals surface area contributed by atoms with Crippen molar-refractivity contribution in [3.8, 4) is 0 Å². The third-order valence-electron chi connectivity index (χ3n) is 4.57. The van der Waals surface area contributed by atoms with Crippen LogP contribution in [0.15, 0.2) is 0 Å². The Morgan fingerprint density at radius 3 is 1.86 bits per heavy atom. The van der Waals surface area contributed by atoms with Crippen LogP contribution in [0.2, 0.25) is 0 Å². The summed E-state index contributed by atoms with van der Waals surface area (Å²) in [6, 6.07) is 0. The van der Waals surface area contributed by atoms with Crippen molar-refractivity contribution in [1.29, 1.82) is 0 Å². The Labute approximate surface area is 134 Å². The number of hydrogen-bond acceptors (Lipinski definition) is 2. The first-order valence-electron chi connectivity index (χ1n) is 9.46. The lowest BCUT2D eigenvalue weighted by Crippen LogP contribution is -2.31. The summed E-state index contributed by atoms with van der Waals surface area (Å²) in [6.45, 7) is 11.4. The Morgan fingerprint density at radius 1 is 0.667 bits per heavy atom. The van der Waals surface area contributed by atoms with Gasteiger partial charge in [-0.1, -0.05) is 65.7 Å². The number of rotatable bonds is 16. The van der Waals surface area contributed by atoms with Gasteiger partial charge in [0.15, 0.2) is 0 Å². The molecule has 0 spiro atoms. The molecule has 128 valence electrons. The van der Waals surface area contributed by atoms with Crippen LogP contribution in [0, 0.1) is 0 Å². The van der Waals surface area contributed by atoms with Gasteiger partial charge in [0.1, 0.15) is 0 Å². The normalized spacial score (nSPS) is 12.0. The summed E-state index contributed by atoms with van der Waals surface area (Å²) >= 11 is 0. The van der Waals surface area contributed by atoms with Crippen molar-refractivity contribution in [2.24, 2.45) is 0 Å². The molecule has 0 aliphatic heterocycles. The quantitative estimate of drug-likeness (QED) is 0.319. The molecule has 2 nitrogen and oxygen atoms in total. The molecule has 0 aromatic rings. The molecule has 0 saturated heterocycles. The fraction of sp³-hybridized carbons (Fsp3) is 1.00. The van der Waals surface area contributed by atoms with Gasteiger partial charge in [0, 0.05) is 19.8 Å². The molecule has 0 aromatic carbocycles. The average Bonchev–Trinajstić information content (AvgIpc) is 2.52. The highest BCUT2D eigenvalue weighted by molar-refractivity contribution is 4.77. The molecular formula is C19H40O2. The second kappa shape index (κ2) is 14.8. The van der Waals surface area contributed by atoms with E-state index in [-0.39, 0.29) is 5.60 Å². The summed E-state index contributed by atoms with van der Waals surface area (Å²) in [4.78, 5) is 0. The Morgan fingerprint density at radius 2 is 1.29 bits per heavy atom. The van der Waals surface area contributed by atoms with E-state index in [0.717, 1.165) is 39.1 Å². The van der Waals surface area contributed by atoms with Gasteiger partial charge in [0.25, 0.3) is 0 Å². The molecule has 0 fully saturated rings. The third-order valence-corrected chi connectivity index (χ3v) is 4.57. The van der Waals surface area contributed by atoms with Gasteiger partial charge in [0.2, 0.25) is 0 Å². The third kappa shape index (κ3) is 11.2. The minimum atomic E-state index is 0.121. The first-order chi connectivity index (χ1) is 10.2. The average molecular weight is 301 g/mol. The minimum absolute atomic E-state index is 0.121. The number of ether oxygens (including phenoxy) is 2. The Bertz CT molecular complexity index is 200. The first-order valence-corrected chi connectivity index (χ1v) is 9.46. The Hall–Kier alpha value is -0.0800. The van der Waals surface area contributed by atoms with Crippen molar-refractivity contribution in [3.05, 3.63) is 0 Å². The lowest BCUT2D eigenvalue weighted by molar-refractivity contribution is -0.0646. The smallest absolute Gasteiger partial charge is 0.0677 e. The molecule has 0 aromatic heterocycles. The van der Waals surface area contributed by atoms with E-state index >= 15 is 0 Å². The molecule has 21 heavy (non-hydrogen) atoms. The molecule has 0 bridgehead atoms. The highest BCUT2D eigenvalue weighted by Crippen LogP contribution is 2.28. The maximum Gasteiger partial charge on any atom is 0.0677 e. The van der Waals surface area contributed by atoms with E-state index in [9.17, 15) is 0 Å². The van der Waals surface area contributed by atoms with E-state index in [1.165, 1.54) is 51.4 Å². The van der Waals surface area contributed by atoms with Crippen LogP contribution in [-0.4, -0.2) is 25.4 Å². The molecule has 0 saturated carbocycles. The van der Waals surface area contributed by atoms with Crippen molar-refractivity contribution >= 4 is 0 Å². The van der Waals surface area contributed by atoms with Crippen molar-refractivity contribution in [1.82, 2.24) is 0 Å². The van der Waals surface area contributed by atoms with E-state index in [1.54, 1.807) is 0 Å². The molecule has 0 amide bonds. The molecular weight excluding hydrogens is 260 g/mol. The van der Waals surface area contributed by atoms with Gasteiger partial charge in [-0.3, -0.25) is 0 Å². The van der Waals surface area contributed by atoms with Crippen LogP contribution in [0.3, 0.4) is 0 Å². The van der Waals surface area contributed by atoms with Crippen molar-refractivity contribution in [3.63, 3.8) is 0 Å². The van der Waals surface area contributed by atoms with Gasteiger partial charge in [0.05, 0.1) is 5.60 Å². The maximum atomic E-state index is 6.24. The van der Waals surface area contributed by atoms with Gasteiger partial charge < -0.3 is 9.47 Å². The summed E-state index contributed by atoms with van der Waals surface area (Å²) in [5.74, 6) is 0. The van der Waals surface area contributed by atoms with E-state index in [2.05, 4.69) is 20.8 Å². The predicted molar refractivity (Wildman–Crippen MR) is 93.0 cm³/mol. The van der Waals surface area contributed by atoms with Gasteiger partial charge in [-0.25, -0.2) is 0 Å². The number of unbranched alkanes of at least 4 members (excludes halogenated alkanes) is 6. The molecule has 0 unspecified atom stereocenters. The van der Waals surface area contributed by atoms with Crippen molar-refractivity contribution in [2.45, 2.75) is 104 Å². The molecule has 0 aliphatic rings. The summed E-state index contributed by atoms with van der Waals surface area (Å²) < 4.78 is 11.6. The van der Waals surface area contributed by atoms with Crippen LogP contribution in [-0.2, 0) is 9.47 Å². The minimum Gasteiger partial charge on any atom is -0.382 e. The van der Waals surface area contributed by atoms with E-state index in [4.69, 9.17) is 9.47 Å². The fourth-order valence-corrected chi connectivity index (χ4v) is 2.88. The second-order valence-corrected chi connectivity index (χ2v) is 6.16. The molecule has 0 radical (unpaired) electrons. The second-order valence-electron chi connectivity index (χ2n) is 6.16. The standard InChI is InChI=1S/C19H40O2/c1-5-9-10-11-12-13-14-16-19(6-2,7-3)21-18-15-17-20-8-4/h5-18H2,1-4H3. The van der Waals surface area contributed by atoms with Gasteiger partial charge in [-0.05, 0) is 32.6 Å². The summed E-state index contributed by atoms with van der Waals surface area (Å²) in [5.41, 5.74) is 0.121. The summed E-state index contributed by atoms with van der Waals surface area (Å²) in [7, 11) is 0.